The summed E-state index contributed by atoms with van der Waals surface area (Å²) in [7, 11) is 0. The van der Waals surface area contributed by atoms with Crippen molar-refractivity contribution in [3.8, 4) is 17.6 Å². The molecule has 1 aromatic rings. The summed E-state index contributed by atoms with van der Waals surface area (Å²) in [5.41, 5.74) is -0.237. The van der Waals surface area contributed by atoms with Gasteiger partial charge in [-0.1, -0.05) is 6.92 Å². The van der Waals surface area contributed by atoms with Gasteiger partial charge in [0.1, 0.15) is 5.41 Å². The van der Waals surface area contributed by atoms with Crippen molar-refractivity contribution in [2.75, 3.05) is 12.1 Å². The van der Waals surface area contributed by atoms with Crippen LogP contribution in [0.1, 0.15) is 19.8 Å². The van der Waals surface area contributed by atoms with Crippen LogP contribution >= 0.6 is 0 Å². The second-order valence-electron chi connectivity index (χ2n) is 5.23. The molecule has 1 heterocycles. The largest absolute Gasteiger partial charge is 0.454 e. The molecule has 3 rings (SSSR count). The third-order valence-corrected chi connectivity index (χ3v) is 3.67. The van der Waals surface area contributed by atoms with Crippen molar-refractivity contribution in [1.82, 2.24) is 0 Å². The lowest BCUT2D eigenvalue weighted by Gasteiger charge is -2.39. The maximum absolute atomic E-state index is 12.2. The summed E-state index contributed by atoms with van der Waals surface area (Å²) < 4.78 is 10.5. The number of nitrogens with zero attached hydrogens (tertiary/aromatic N) is 1. The molecule has 1 N–H and O–H groups in total. The number of benzene rings is 1. The number of amides is 1. The van der Waals surface area contributed by atoms with Gasteiger partial charge >= 0.3 is 0 Å². The molecule has 0 atom stereocenters. The van der Waals surface area contributed by atoms with Crippen molar-refractivity contribution in [1.29, 1.82) is 5.26 Å². The van der Waals surface area contributed by atoms with Gasteiger partial charge in [0.2, 0.25) is 12.7 Å². The third kappa shape index (κ3) is 1.89. The molecule has 1 saturated carbocycles. The van der Waals surface area contributed by atoms with Crippen molar-refractivity contribution in [3.63, 3.8) is 0 Å². The average Bonchev–Trinajstić information content (AvgIpc) is 2.81. The van der Waals surface area contributed by atoms with E-state index < -0.39 is 5.41 Å². The van der Waals surface area contributed by atoms with Gasteiger partial charge in [0.25, 0.3) is 0 Å². The van der Waals surface area contributed by atoms with E-state index in [4.69, 9.17) is 9.47 Å². The second kappa shape index (κ2) is 4.16. The normalized spacial score (nSPS) is 27.3. The topological polar surface area (TPSA) is 71.4 Å². The molecule has 5 heteroatoms. The number of hydrogen-bond acceptors (Lipinski definition) is 4. The number of anilines is 1. The summed E-state index contributed by atoms with van der Waals surface area (Å²) in [5, 5.41) is 12.0. The van der Waals surface area contributed by atoms with Gasteiger partial charge in [0, 0.05) is 11.8 Å². The van der Waals surface area contributed by atoms with Crippen LogP contribution in [0.5, 0.6) is 11.5 Å². The van der Waals surface area contributed by atoms with Gasteiger partial charge in [-0.05, 0) is 30.9 Å². The first-order valence-corrected chi connectivity index (χ1v) is 6.25. The maximum Gasteiger partial charge on any atom is 0.244 e. The monoisotopic (exact) mass is 258 g/mol. The zero-order chi connectivity index (χ0) is 13.5. The van der Waals surface area contributed by atoms with Gasteiger partial charge in [-0.15, -0.1) is 0 Å². The van der Waals surface area contributed by atoms with Crippen molar-refractivity contribution in [3.05, 3.63) is 18.2 Å². The van der Waals surface area contributed by atoms with Gasteiger partial charge < -0.3 is 14.8 Å². The third-order valence-electron chi connectivity index (χ3n) is 3.67. The molecule has 1 aliphatic heterocycles. The molecular weight excluding hydrogens is 244 g/mol. The van der Waals surface area contributed by atoms with Gasteiger partial charge in [0.15, 0.2) is 11.5 Å². The Morgan fingerprint density at radius 3 is 2.84 bits per heavy atom. The average molecular weight is 258 g/mol. The van der Waals surface area contributed by atoms with Gasteiger partial charge in [-0.2, -0.15) is 5.26 Å². The summed E-state index contributed by atoms with van der Waals surface area (Å²) in [6, 6.07) is 7.36. The lowest BCUT2D eigenvalue weighted by molar-refractivity contribution is -0.128. The molecule has 0 aromatic heterocycles. The number of rotatable bonds is 2. The van der Waals surface area contributed by atoms with E-state index in [2.05, 4.69) is 11.4 Å². The standard InChI is InChI=1S/C14H14N2O3/c1-9-5-14(6-9,7-15)13(17)16-10-2-3-11-12(4-10)19-8-18-11/h2-4,9H,5-6,8H2,1H3,(H,16,17). The van der Waals surface area contributed by atoms with E-state index in [-0.39, 0.29) is 12.7 Å². The molecule has 5 nitrogen and oxygen atoms in total. The Bertz CT molecular complexity index is 571. The summed E-state index contributed by atoms with van der Waals surface area (Å²) in [4.78, 5) is 12.2. The Labute approximate surface area is 111 Å². The minimum Gasteiger partial charge on any atom is -0.454 e. The number of carbonyl (C=O) groups is 1. The minimum absolute atomic E-state index is 0.201. The van der Waals surface area contributed by atoms with Gasteiger partial charge in [-0.3, -0.25) is 4.79 Å². The fourth-order valence-electron chi connectivity index (χ4n) is 2.68. The summed E-state index contributed by atoms with van der Waals surface area (Å²) in [6.07, 6.45) is 1.25. The number of nitrogens with one attached hydrogen (secondary N) is 1. The molecule has 1 amide bonds. The van der Waals surface area contributed by atoms with E-state index in [1.165, 1.54) is 0 Å². The van der Waals surface area contributed by atoms with E-state index in [9.17, 15) is 10.1 Å². The van der Waals surface area contributed by atoms with Crippen LogP contribution in [0.3, 0.4) is 0 Å². The van der Waals surface area contributed by atoms with Crippen molar-refractivity contribution in [2.24, 2.45) is 11.3 Å². The molecular formula is C14H14N2O3. The number of ether oxygens (including phenoxy) is 2. The van der Waals surface area contributed by atoms with E-state index in [1.807, 2.05) is 6.92 Å². The highest BCUT2D eigenvalue weighted by Gasteiger charge is 2.48. The zero-order valence-corrected chi connectivity index (χ0v) is 10.6. The van der Waals surface area contributed by atoms with Gasteiger partial charge in [0.05, 0.1) is 6.07 Å². The molecule has 0 saturated heterocycles. The quantitative estimate of drug-likeness (QED) is 0.883. The fourth-order valence-corrected chi connectivity index (χ4v) is 2.68. The van der Waals surface area contributed by atoms with Crippen molar-refractivity contribution >= 4 is 11.6 Å². The summed E-state index contributed by atoms with van der Waals surface area (Å²) >= 11 is 0. The van der Waals surface area contributed by atoms with E-state index in [1.54, 1.807) is 18.2 Å². The number of nitriles is 1. The summed E-state index contributed by atoms with van der Waals surface area (Å²) in [5.74, 6) is 1.49. The highest BCUT2D eigenvalue weighted by atomic mass is 16.7. The predicted molar refractivity (Wildman–Crippen MR) is 67.6 cm³/mol. The van der Waals surface area contributed by atoms with Crippen LogP contribution in [-0.4, -0.2) is 12.7 Å². The molecule has 1 fully saturated rings. The molecule has 0 spiro atoms. The Hall–Kier alpha value is -2.22. The van der Waals surface area contributed by atoms with E-state index in [0.29, 0.717) is 35.9 Å². The van der Waals surface area contributed by atoms with Crippen molar-refractivity contribution in [2.45, 2.75) is 19.8 Å². The minimum atomic E-state index is -0.865. The predicted octanol–water partition coefficient (Wildman–Crippen LogP) is 2.29. The highest BCUT2D eigenvalue weighted by Crippen LogP contribution is 2.46. The highest BCUT2D eigenvalue weighted by molar-refractivity contribution is 5.98. The second-order valence-corrected chi connectivity index (χ2v) is 5.23. The Morgan fingerprint density at radius 1 is 1.42 bits per heavy atom. The first-order chi connectivity index (χ1) is 9.13. The lowest BCUT2D eigenvalue weighted by Crippen LogP contribution is -2.45. The molecule has 98 valence electrons. The Kier molecular flexibility index (Phi) is 2.59. The Balaban J connectivity index is 1.75. The Morgan fingerprint density at radius 2 is 2.16 bits per heavy atom. The summed E-state index contributed by atoms with van der Waals surface area (Å²) in [6.45, 7) is 2.25. The van der Waals surface area contributed by atoms with E-state index in [0.717, 1.165) is 0 Å². The van der Waals surface area contributed by atoms with Crippen LogP contribution in [0.25, 0.3) is 0 Å². The molecule has 0 radical (unpaired) electrons. The van der Waals surface area contributed by atoms with E-state index >= 15 is 0 Å². The molecule has 1 aliphatic carbocycles. The molecule has 19 heavy (non-hydrogen) atoms. The van der Waals surface area contributed by atoms with Crippen LogP contribution in [0.15, 0.2) is 18.2 Å². The smallest absolute Gasteiger partial charge is 0.244 e. The molecule has 1 aromatic carbocycles. The van der Waals surface area contributed by atoms with Crippen molar-refractivity contribution < 1.29 is 14.3 Å². The number of carbonyl (C=O) groups excluding carboxylic acids is 1. The fraction of sp³-hybridized carbons (Fsp3) is 0.429. The van der Waals surface area contributed by atoms with Crippen LogP contribution in [0, 0.1) is 22.7 Å². The molecule has 2 aliphatic rings. The van der Waals surface area contributed by atoms with Crippen LogP contribution in [-0.2, 0) is 4.79 Å². The molecule has 0 bridgehead atoms. The maximum atomic E-state index is 12.2. The first kappa shape index (κ1) is 11.8. The lowest BCUT2D eigenvalue weighted by atomic mass is 9.63. The van der Waals surface area contributed by atoms with Crippen LogP contribution in [0.4, 0.5) is 5.69 Å². The van der Waals surface area contributed by atoms with Crippen LogP contribution < -0.4 is 14.8 Å². The zero-order valence-electron chi connectivity index (χ0n) is 10.6. The van der Waals surface area contributed by atoms with Gasteiger partial charge in [-0.25, -0.2) is 0 Å². The molecule has 0 unspecified atom stereocenters. The number of hydrogen-bond donors (Lipinski definition) is 1. The first-order valence-electron chi connectivity index (χ1n) is 6.25. The van der Waals surface area contributed by atoms with Crippen LogP contribution in [0.2, 0.25) is 0 Å². The SMILES string of the molecule is CC1CC(C#N)(C(=O)Nc2ccc3c(c2)OCO3)C1. The number of fused-ring (bicyclic) bond motifs is 1.